The maximum absolute atomic E-state index is 4.48. The molecule has 0 saturated heterocycles. The lowest BCUT2D eigenvalue weighted by Crippen LogP contribution is -2.13. The van der Waals surface area contributed by atoms with Crippen LogP contribution in [0.4, 0.5) is 0 Å². The number of aromatic nitrogens is 2. The first-order valence-electron chi connectivity index (χ1n) is 4.07. The van der Waals surface area contributed by atoms with E-state index >= 15 is 0 Å². The van der Waals surface area contributed by atoms with Gasteiger partial charge in [-0.25, -0.2) is 2.90 Å². The van der Waals surface area contributed by atoms with Crippen molar-refractivity contribution in [1.82, 2.24) is 7.99 Å². The second-order valence-electron chi connectivity index (χ2n) is 4.17. The van der Waals surface area contributed by atoms with Gasteiger partial charge in [0.05, 0.1) is 28.6 Å². The highest BCUT2D eigenvalue weighted by Gasteiger charge is 2.21. The van der Waals surface area contributed by atoms with Crippen LogP contribution in [0.15, 0.2) is 0 Å². The van der Waals surface area contributed by atoms with Crippen molar-refractivity contribution < 1.29 is 0 Å². The van der Waals surface area contributed by atoms with Gasteiger partial charge in [-0.05, 0) is 19.4 Å². The van der Waals surface area contributed by atoms with Gasteiger partial charge in [0.2, 0.25) is 0 Å². The summed E-state index contributed by atoms with van der Waals surface area (Å²) in [6.45, 7) is 10.8. The molecule has 0 unspecified atom stereocenters. The predicted octanol–water partition coefficient (Wildman–Crippen LogP) is 3.00. The van der Waals surface area contributed by atoms with Crippen LogP contribution >= 0.6 is 22.9 Å². The van der Waals surface area contributed by atoms with Crippen molar-refractivity contribution in [3.05, 3.63) is 17.0 Å². The van der Waals surface area contributed by atoms with E-state index in [1.165, 1.54) is 17.0 Å². The molecule has 1 heterocycles. The van der Waals surface area contributed by atoms with Gasteiger partial charge in [-0.3, -0.25) is 0 Å². The molecule has 0 atom stereocenters. The summed E-state index contributed by atoms with van der Waals surface area (Å²) >= 11 is 2.22. The van der Waals surface area contributed by atoms with Crippen molar-refractivity contribution >= 4 is 22.9 Å². The normalized spacial score (nSPS) is 12.2. The first-order chi connectivity index (χ1) is 5.34. The number of halogens is 1. The quantitative estimate of drug-likeness (QED) is 0.667. The third kappa shape index (κ3) is 1.65. The van der Waals surface area contributed by atoms with Gasteiger partial charge in [-0.2, -0.15) is 5.10 Å². The summed E-state index contributed by atoms with van der Waals surface area (Å²) < 4.78 is 1.92. The molecule has 0 aliphatic rings. The van der Waals surface area contributed by atoms with Gasteiger partial charge in [0.25, 0.3) is 0 Å². The van der Waals surface area contributed by atoms with E-state index in [-0.39, 0.29) is 5.41 Å². The lowest BCUT2D eigenvalue weighted by atomic mass is 9.89. The molecule has 2 nitrogen and oxygen atoms in total. The second kappa shape index (κ2) is 3.01. The SMILES string of the molecule is Cc1c(C(C)(C)C)nn(I)c1C. The Bertz CT molecular complexity index is 294. The second-order valence-corrected chi connectivity index (χ2v) is 5.08. The fourth-order valence-electron chi connectivity index (χ4n) is 1.26. The summed E-state index contributed by atoms with van der Waals surface area (Å²) in [5.74, 6) is 0. The van der Waals surface area contributed by atoms with Crippen LogP contribution in [0.25, 0.3) is 0 Å². The molecule has 0 amide bonds. The van der Waals surface area contributed by atoms with Crippen LogP contribution < -0.4 is 0 Å². The first-order valence-corrected chi connectivity index (χ1v) is 5.03. The van der Waals surface area contributed by atoms with Crippen LogP contribution in [0.5, 0.6) is 0 Å². The molecule has 0 aliphatic heterocycles. The minimum absolute atomic E-state index is 0.158. The molecule has 0 aliphatic carbocycles. The Balaban J connectivity index is 3.28. The summed E-state index contributed by atoms with van der Waals surface area (Å²) in [7, 11) is 0. The number of nitrogens with zero attached hydrogens (tertiary/aromatic N) is 2. The van der Waals surface area contributed by atoms with Crippen molar-refractivity contribution in [2.75, 3.05) is 0 Å². The Labute approximate surface area is 87.8 Å². The van der Waals surface area contributed by atoms with Gasteiger partial charge in [-0.1, -0.05) is 20.8 Å². The van der Waals surface area contributed by atoms with Gasteiger partial charge >= 0.3 is 0 Å². The lowest BCUT2D eigenvalue weighted by Gasteiger charge is -2.15. The summed E-state index contributed by atoms with van der Waals surface area (Å²) in [6.07, 6.45) is 0. The van der Waals surface area contributed by atoms with E-state index in [0.717, 1.165) is 0 Å². The largest absolute Gasteiger partial charge is 0.208 e. The molecular weight excluding hydrogens is 263 g/mol. The number of rotatable bonds is 0. The van der Waals surface area contributed by atoms with Crippen LogP contribution in [0, 0.1) is 13.8 Å². The Morgan fingerprint density at radius 3 is 1.92 bits per heavy atom. The van der Waals surface area contributed by atoms with Crippen molar-refractivity contribution in [1.29, 1.82) is 0 Å². The van der Waals surface area contributed by atoms with Crippen LogP contribution in [-0.4, -0.2) is 7.99 Å². The zero-order valence-corrected chi connectivity index (χ0v) is 10.4. The first kappa shape index (κ1) is 10.0. The maximum Gasteiger partial charge on any atom is 0.0846 e. The van der Waals surface area contributed by atoms with Gasteiger partial charge in [0.15, 0.2) is 0 Å². The molecule has 0 bridgehead atoms. The predicted molar refractivity (Wildman–Crippen MR) is 59.8 cm³/mol. The summed E-state index contributed by atoms with van der Waals surface area (Å²) in [5.41, 5.74) is 3.93. The van der Waals surface area contributed by atoms with Crippen LogP contribution in [-0.2, 0) is 5.41 Å². The zero-order chi connectivity index (χ0) is 9.52. The van der Waals surface area contributed by atoms with E-state index in [1.807, 2.05) is 2.90 Å². The molecule has 0 fully saturated rings. The van der Waals surface area contributed by atoms with Gasteiger partial charge in [0, 0.05) is 11.1 Å². The Kier molecular flexibility index (Phi) is 2.52. The smallest absolute Gasteiger partial charge is 0.0846 e. The van der Waals surface area contributed by atoms with Gasteiger partial charge in [-0.15, -0.1) is 0 Å². The Hall–Kier alpha value is -0.0600. The minimum Gasteiger partial charge on any atom is -0.208 e. The lowest BCUT2D eigenvalue weighted by molar-refractivity contribution is 0.562. The summed E-state index contributed by atoms with van der Waals surface area (Å²) in [4.78, 5) is 0. The fourth-order valence-corrected chi connectivity index (χ4v) is 1.84. The van der Waals surface area contributed by atoms with Crippen LogP contribution in [0.3, 0.4) is 0 Å². The molecule has 0 aromatic carbocycles. The van der Waals surface area contributed by atoms with E-state index in [1.54, 1.807) is 0 Å². The average Bonchev–Trinajstić information content (AvgIpc) is 2.15. The van der Waals surface area contributed by atoms with Gasteiger partial charge < -0.3 is 0 Å². The van der Waals surface area contributed by atoms with E-state index < -0.39 is 0 Å². The highest BCUT2D eigenvalue weighted by Crippen LogP contribution is 2.26. The van der Waals surface area contributed by atoms with Crippen molar-refractivity contribution in [3.63, 3.8) is 0 Å². The summed E-state index contributed by atoms with van der Waals surface area (Å²) in [6, 6.07) is 0. The average molecular weight is 278 g/mol. The molecule has 0 spiro atoms. The topological polar surface area (TPSA) is 17.8 Å². The van der Waals surface area contributed by atoms with Crippen molar-refractivity contribution in [3.8, 4) is 0 Å². The third-order valence-electron chi connectivity index (χ3n) is 2.07. The molecular formula is C9H15IN2. The highest BCUT2D eigenvalue weighted by atomic mass is 127. The zero-order valence-electron chi connectivity index (χ0n) is 8.27. The van der Waals surface area contributed by atoms with E-state index in [4.69, 9.17) is 0 Å². The van der Waals surface area contributed by atoms with Crippen LogP contribution in [0.2, 0.25) is 0 Å². The molecule has 0 radical (unpaired) electrons. The molecule has 1 aromatic heterocycles. The van der Waals surface area contributed by atoms with E-state index in [9.17, 15) is 0 Å². The molecule has 0 saturated carbocycles. The molecule has 68 valence electrons. The van der Waals surface area contributed by atoms with Crippen molar-refractivity contribution in [2.24, 2.45) is 0 Å². The Morgan fingerprint density at radius 1 is 1.25 bits per heavy atom. The van der Waals surface area contributed by atoms with Gasteiger partial charge in [0.1, 0.15) is 0 Å². The molecule has 1 aromatic rings. The fraction of sp³-hybridized carbons (Fsp3) is 0.667. The molecule has 0 N–H and O–H groups in total. The van der Waals surface area contributed by atoms with E-state index in [2.05, 4.69) is 62.6 Å². The maximum atomic E-state index is 4.48. The van der Waals surface area contributed by atoms with Crippen molar-refractivity contribution in [2.45, 2.75) is 40.0 Å². The standard InChI is InChI=1S/C9H15IN2/c1-6-7(2)12(10)11-8(6)9(3,4)5/h1-5H3. The Morgan fingerprint density at radius 2 is 1.75 bits per heavy atom. The molecule has 1 rings (SSSR count). The van der Waals surface area contributed by atoms with E-state index in [0.29, 0.717) is 0 Å². The number of hydrogen-bond donors (Lipinski definition) is 0. The highest BCUT2D eigenvalue weighted by molar-refractivity contribution is 14.1. The van der Waals surface area contributed by atoms with Crippen LogP contribution in [0.1, 0.15) is 37.7 Å². The summed E-state index contributed by atoms with van der Waals surface area (Å²) in [5, 5.41) is 4.48. The molecule has 12 heavy (non-hydrogen) atoms. The number of hydrogen-bond acceptors (Lipinski definition) is 1. The third-order valence-corrected chi connectivity index (χ3v) is 3.01. The monoisotopic (exact) mass is 278 g/mol. The minimum atomic E-state index is 0.158. The molecule has 3 heteroatoms.